The number of likely N-dealkylation sites (N-methyl/N-ethyl adjacent to an activating group) is 1. The highest BCUT2D eigenvalue weighted by molar-refractivity contribution is 9.10. The number of nitrogens with one attached hydrogen (secondary N) is 1. The van der Waals surface area contributed by atoms with Crippen LogP contribution in [0.25, 0.3) is 0 Å². The van der Waals surface area contributed by atoms with E-state index < -0.39 is 0 Å². The van der Waals surface area contributed by atoms with E-state index >= 15 is 0 Å². The summed E-state index contributed by atoms with van der Waals surface area (Å²) in [5, 5.41) is 3.56. The van der Waals surface area contributed by atoms with E-state index in [1.54, 1.807) is 0 Å². The van der Waals surface area contributed by atoms with Gasteiger partial charge < -0.3 is 5.32 Å². The molecule has 2 nitrogen and oxygen atoms in total. The molecule has 0 saturated carbocycles. The van der Waals surface area contributed by atoms with E-state index in [-0.39, 0.29) is 0 Å². The van der Waals surface area contributed by atoms with E-state index in [2.05, 4.69) is 77.3 Å². The Kier molecular flexibility index (Phi) is 5.32. The number of pyridine rings is 1. The summed E-state index contributed by atoms with van der Waals surface area (Å²) >= 11 is 3.58. The van der Waals surface area contributed by atoms with Gasteiger partial charge in [-0.15, -0.1) is 0 Å². The summed E-state index contributed by atoms with van der Waals surface area (Å²) < 4.78 is 1.13. The van der Waals surface area contributed by atoms with Gasteiger partial charge in [-0.3, -0.25) is 4.98 Å². The predicted octanol–water partition coefficient (Wildman–Crippen LogP) is 4.35. The van der Waals surface area contributed by atoms with Crippen molar-refractivity contribution in [1.82, 2.24) is 10.3 Å². The van der Waals surface area contributed by atoms with Crippen molar-refractivity contribution < 1.29 is 0 Å². The highest BCUT2D eigenvalue weighted by Crippen LogP contribution is 2.23. The zero-order valence-corrected chi connectivity index (χ0v) is 13.9. The lowest BCUT2D eigenvalue weighted by atomic mass is 9.99. The summed E-state index contributed by atoms with van der Waals surface area (Å²) in [6.45, 7) is 7.28. The Morgan fingerprint density at radius 2 is 1.95 bits per heavy atom. The van der Waals surface area contributed by atoms with Crippen molar-refractivity contribution in [3.8, 4) is 0 Å². The van der Waals surface area contributed by atoms with Gasteiger partial charge in [0.05, 0.1) is 0 Å². The molecule has 1 aromatic carbocycles. The van der Waals surface area contributed by atoms with E-state index in [1.807, 2.05) is 6.20 Å². The first-order valence-electron chi connectivity index (χ1n) is 7.00. The molecule has 0 aliphatic rings. The normalized spacial score (nSPS) is 12.4. The average Bonchev–Trinajstić information content (AvgIpc) is 2.39. The number of hydrogen-bond acceptors (Lipinski definition) is 2. The lowest BCUT2D eigenvalue weighted by Crippen LogP contribution is -2.23. The van der Waals surface area contributed by atoms with E-state index in [0.29, 0.717) is 6.04 Å². The summed E-state index contributed by atoms with van der Waals surface area (Å²) in [4.78, 5) is 4.52. The Balaban J connectivity index is 2.23. The highest BCUT2D eigenvalue weighted by atomic mass is 79.9. The Labute approximate surface area is 129 Å². The Morgan fingerprint density at radius 1 is 1.15 bits per heavy atom. The molecule has 0 aliphatic heterocycles. The SMILES string of the molecule is CCNC(Cc1ccc(C)cn1)c1cc(C)cc(Br)c1. The number of nitrogens with zero attached hydrogens (tertiary/aromatic N) is 1. The minimum atomic E-state index is 0.298. The number of aryl methyl sites for hydroxylation is 2. The van der Waals surface area contributed by atoms with Gasteiger partial charge in [0.15, 0.2) is 0 Å². The van der Waals surface area contributed by atoms with Gasteiger partial charge in [0.1, 0.15) is 0 Å². The van der Waals surface area contributed by atoms with Crippen LogP contribution in [-0.4, -0.2) is 11.5 Å². The summed E-state index contributed by atoms with van der Waals surface area (Å²) in [7, 11) is 0. The number of halogens is 1. The molecular formula is C17H21BrN2. The van der Waals surface area contributed by atoms with Crippen LogP contribution in [-0.2, 0) is 6.42 Å². The lowest BCUT2D eigenvalue weighted by Gasteiger charge is -2.19. The molecule has 2 rings (SSSR count). The van der Waals surface area contributed by atoms with Crippen molar-refractivity contribution >= 4 is 15.9 Å². The van der Waals surface area contributed by atoms with E-state index in [4.69, 9.17) is 0 Å². The highest BCUT2D eigenvalue weighted by Gasteiger charge is 2.13. The fraction of sp³-hybridized carbons (Fsp3) is 0.353. The first kappa shape index (κ1) is 15.2. The number of hydrogen-bond donors (Lipinski definition) is 1. The molecule has 20 heavy (non-hydrogen) atoms. The predicted molar refractivity (Wildman–Crippen MR) is 88.0 cm³/mol. The molecule has 106 valence electrons. The third kappa shape index (κ3) is 4.15. The molecule has 0 aliphatic carbocycles. The van der Waals surface area contributed by atoms with Crippen molar-refractivity contribution in [1.29, 1.82) is 0 Å². The quantitative estimate of drug-likeness (QED) is 0.880. The molecule has 1 N–H and O–H groups in total. The van der Waals surface area contributed by atoms with Crippen LogP contribution in [0.15, 0.2) is 41.0 Å². The molecule has 0 fully saturated rings. The van der Waals surface area contributed by atoms with Gasteiger partial charge in [-0.1, -0.05) is 35.0 Å². The second-order valence-electron chi connectivity index (χ2n) is 5.20. The Hall–Kier alpha value is -1.19. The first-order chi connectivity index (χ1) is 9.58. The molecule has 0 spiro atoms. The summed E-state index contributed by atoms with van der Waals surface area (Å²) in [6.07, 6.45) is 2.84. The molecule has 0 amide bonds. The largest absolute Gasteiger partial charge is 0.310 e. The van der Waals surface area contributed by atoms with Crippen LogP contribution in [0.1, 0.15) is 35.3 Å². The van der Waals surface area contributed by atoms with Crippen LogP contribution in [0, 0.1) is 13.8 Å². The molecule has 1 atom stereocenters. The van der Waals surface area contributed by atoms with Crippen LogP contribution in [0.4, 0.5) is 0 Å². The molecule has 0 saturated heterocycles. The monoisotopic (exact) mass is 332 g/mol. The number of aromatic nitrogens is 1. The molecule has 1 unspecified atom stereocenters. The van der Waals surface area contributed by atoms with Crippen molar-refractivity contribution in [2.75, 3.05) is 6.54 Å². The van der Waals surface area contributed by atoms with Gasteiger partial charge in [0.25, 0.3) is 0 Å². The van der Waals surface area contributed by atoms with Crippen molar-refractivity contribution in [3.63, 3.8) is 0 Å². The third-order valence-corrected chi connectivity index (χ3v) is 3.76. The van der Waals surface area contributed by atoms with Gasteiger partial charge in [-0.05, 0) is 55.3 Å². The fourth-order valence-electron chi connectivity index (χ4n) is 2.35. The Bertz CT molecular complexity index is 543. The topological polar surface area (TPSA) is 24.9 Å². The average molecular weight is 333 g/mol. The minimum absolute atomic E-state index is 0.298. The molecule has 2 aromatic rings. The molecule has 1 heterocycles. The van der Waals surface area contributed by atoms with Crippen LogP contribution in [0.3, 0.4) is 0 Å². The molecule has 1 aromatic heterocycles. The van der Waals surface area contributed by atoms with E-state index in [1.165, 1.54) is 16.7 Å². The van der Waals surface area contributed by atoms with Crippen LogP contribution in [0.5, 0.6) is 0 Å². The maximum absolute atomic E-state index is 4.52. The smallest absolute Gasteiger partial charge is 0.0422 e. The minimum Gasteiger partial charge on any atom is -0.310 e. The third-order valence-electron chi connectivity index (χ3n) is 3.30. The first-order valence-corrected chi connectivity index (χ1v) is 7.80. The lowest BCUT2D eigenvalue weighted by molar-refractivity contribution is 0.543. The van der Waals surface area contributed by atoms with Gasteiger partial charge in [-0.25, -0.2) is 0 Å². The van der Waals surface area contributed by atoms with E-state index in [9.17, 15) is 0 Å². The second-order valence-corrected chi connectivity index (χ2v) is 6.12. The number of benzene rings is 1. The molecule has 0 radical (unpaired) electrons. The Morgan fingerprint density at radius 3 is 2.55 bits per heavy atom. The van der Waals surface area contributed by atoms with Gasteiger partial charge >= 0.3 is 0 Å². The van der Waals surface area contributed by atoms with Crippen LogP contribution >= 0.6 is 15.9 Å². The fourth-order valence-corrected chi connectivity index (χ4v) is 2.97. The zero-order valence-electron chi connectivity index (χ0n) is 12.3. The maximum atomic E-state index is 4.52. The van der Waals surface area contributed by atoms with Gasteiger partial charge in [-0.2, -0.15) is 0 Å². The van der Waals surface area contributed by atoms with Crippen LogP contribution < -0.4 is 5.32 Å². The van der Waals surface area contributed by atoms with Crippen molar-refractivity contribution in [3.05, 3.63) is 63.4 Å². The van der Waals surface area contributed by atoms with Crippen molar-refractivity contribution in [2.45, 2.75) is 33.2 Å². The van der Waals surface area contributed by atoms with Crippen molar-refractivity contribution in [2.24, 2.45) is 0 Å². The molecular weight excluding hydrogens is 312 g/mol. The standard InChI is InChI=1S/C17H21BrN2/c1-4-19-17(10-16-6-5-12(2)11-20-16)14-7-13(3)8-15(18)9-14/h5-9,11,17,19H,4,10H2,1-3H3. The summed E-state index contributed by atoms with van der Waals surface area (Å²) in [6, 6.07) is 11.1. The van der Waals surface area contributed by atoms with E-state index in [0.717, 1.165) is 23.1 Å². The molecule has 0 bridgehead atoms. The maximum Gasteiger partial charge on any atom is 0.0422 e. The second kappa shape index (κ2) is 7.00. The number of rotatable bonds is 5. The van der Waals surface area contributed by atoms with Gasteiger partial charge in [0.2, 0.25) is 0 Å². The summed E-state index contributed by atoms with van der Waals surface area (Å²) in [5.74, 6) is 0. The van der Waals surface area contributed by atoms with Gasteiger partial charge in [0, 0.05) is 28.8 Å². The summed E-state index contributed by atoms with van der Waals surface area (Å²) in [5.41, 5.74) is 4.90. The molecule has 3 heteroatoms. The zero-order chi connectivity index (χ0) is 14.5. The van der Waals surface area contributed by atoms with Crippen LogP contribution in [0.2, 0.25) is 0 Å².